The summed E-state index contributed by atoms with van der Waals surface area (Å²) in [5.74, 6) is -0.855. The summed E-state index contributed by atoms with van der Waals surface area (Å²) in [7, 11) is 0. The molecule has 0 aliphatic rings. The maximum absolute atomic E-state index is 12.2. The Kier molecular flexibility index (Phi) is 3.65. The number of ether oxygens (including phenoxy) is 1. The van der Waals surface area contributed by atoms with Crippen LogP contribution in [0.25, 0.3) is 5.65 Å². The zero-order chi connectivity index (χ0) is 15.5. The second kappa shape index (κ2) is 5.77. The number of Topliss-reactive ketones (excluding diaryl/α,β-unsaturated/α-hetero) is 1. The van der Waals surface area contributed by atoms with Crippen molar-refractivity contribution in [1.29, 1.82) is 0 Å². The Morgan fingerprint density at radius 3 is 2.73 bits per heavy atom. The Bertz CT molecular complexity index is 840. The minimum absolute atomic E-state index is 0.254. The third kappa shape index (κ3) is 2.58. The number of nitrogens with zero attached hydrogens (tertiary/aromatic N) is 3. The molecule has 2 heterocycles. The van der Waals surface area contributed by atoms with Gasteiger partial charge < -0.3 is 4.74 Å². The zero-order valence-corrected chi connectivity index (χ0v) is 11.9. The number of ketones is 1. The van der Waals surface area contributed by atoms with E-state index in [9.17, 15) is 9.59 Å². The first-order valence-corrected chi connectivity index (χ1v) is 6.72. The van der Waals surface area contributed by atoms with Crippen molar-refractivity contribution in [1.82, 2.24) is 14.6 Å². The molecule has 6 nitrogen and oxygen atoms in total. The Morgan fingerprint density at radius 2 is 1.95 bits per heavy atom. The van der Waals surface area contributed by atoms with E-state index in [1.807, 2.05) is 6.07 Å². The highest BCUT2D eigenvalue weighted by molar-refractivity contribution is 6.01. The highest BCUT2D eigenvalue weighted by Gasteiger charge is 2.20. The van der Waals surface area contributed by atoms with Gasteiger partial charge in [0, 0.05) is 18.0 Å². The molecule has 3 aromatic rings. The predicted octanol–water partition coefficient (Wildman–Crippen LogP) is 2.08. The molecule has 0 bridgehead atoms. The van der Waals surface area contributed by atoms with E-state index in [4.69, 9.17) is 4.74 Å². The number of aromatic nitrogens is 3. The van der Waals surface area contributed by atoms with Gasteiger partial charge in [0.15, 0.2) is 18.0 Å². The van der Waals surface area contributed by atoms with Gasteiger partial charge in [-0.25, -0.2) is 14.3 Å². The van der Waals surface area contributed by atoms with Gasteiger partial charge in [-0.05, 0) is 13.0 Å². The molecule has 0 atom stereocenters. The first kappa shape index (κ1) is 13.9. The van der Waals surface area contributed by atoms with Crippen molar-refractivity contribution in [2.24, 2.45) is 0 Å². The summed E-state index contributed by atoms with van der Waals surface area (Å²) in [6, 6.07) is 10.4. The predicted molar refractivity (Wildman–Crippen MR) is 78.8 cm³/mol. The maximum Gasteiger partial charge on any atom is 0.344 e. The molecule has 0 fully saturated rings. The van der Waals surface area contributed by atoms with Gasteiger partial charge in [0.25, 0.3) is 0 Å². The lowest BCUT2D eigenvalue weighted by molar-refractivity contribution is 0.0475. The largest absolute Gasteiger partial charge is 0.454 e. The van der Waals surface area contributed by atoms with Gasteiger partial charge in [-0.2, -0.15) is 5.10 Å². The molecule has 0 unspecified atom stereocenters. The lowest BCUT2D eigenvalue weighted by Crippen LogP contribution is -2.15. The molecule has 6 heteroatoms. The molecule has 0 aliphatic carbocycles. The van der Waals surface area contributed by atoms with E-state index in [-0.39, 0.29) is 18.0 Å². The van der Waals surface area contributed by atoms with Crippen molar-refractivity contribution < 1.29 is 14.3 Å². The van der Waals surface area contributed by atoms with Crippen molar-refractivity contribution >= 4 is 17.4 Å². The summed E-state index contributed by atoms with van der Waals surface area (Å²) >= 11 is 0. The van der Waals surface area contributed by atoms with Crippen LogP contribution in [-0.4, -0.2) is 33.0 Å². The average Bonchev–Trinajstić information content (AvgIpc) is 2.89. The van der Waals surface area contributed by atoms with Gasteiger partial charge in [0.05, 0.1) is 5.69 Å². The van der Waals surface area contributed by atoms with Crippen LogP contribution in [0.1, 0.15) is 26.4 Å². The first-order valence-electron chi connectivity index (χ1n) is 6.72. The summed E-state index contributed by atoms with van der Waals surface area (Å²) in [6.45, 7) is 1.39. The summed E-state index contributed by atoms with van der Waals surface area (Å²) in [5.41, 5.74) is 1.71. The summed E-state index contributed by atoms with van der Waals surface area (Å²) in [5, 5.41) is 4.19. The van der Waals surface area contributed by atoms with E-state index in [0.29, 0.717) is 16.9 Å². The van der Waals surface area contributed by atoms with E-state index < -0.39 is 5.97 Å². The van der Waals surface area contributed by atoms with Gasteiger partial charge in [-0.15, -0.1) is 0 Å². The molecular formula is C16H13N3O3. The number of carbonyl (C=O) groups is 2. The number of esters is 1. The Hall–Kier alpha value is -3.02. The van der Waals surface area contributed by atoms with Gasteiger partial charge in [-0.3, -0.25) is 4.79 Å². The monoisotopic (exact) mass is 295 g/mol. The standard InChI is InChI=1S/C16H13N3O3/c1-11-14(15-17-8-5-9-19(15)18-11)16(21)22-10-13(20)12-6-3-2-4-7-12/h2-9H,10H2,1H3. The molecule has 1 aromatic carbocycles. The molecule has 0 spiro atoms. The number of benzene rings is 1. The Labute approximate surface area is 126 Å². The van der Waals surface area contributed by atoms with E-state index in [1.165, 1.54) is 4.52 Å². The third-order valence-electron chi connectivity index (χ3n) is 3.20. The average molecular weight is 295 g/mol. The molecule has 3 rings (SSSR count). The van der Waals surface area contributed by atoms with Gasteiger partial charge in [0.2, 0.25) is 0 Å². The van der Waals surface area contributed by atoms with Crippen molar-refractivity contribution in [2.45, 2.75) is 6.92 Å². The summed E-state index contributed by atoms with van der Waals surface area (Å²) < 4.78 is 6.61. The van der Waals surface area contributed by atoms with Crippen LogP contribution in [0.3, 0.4) is 0 Å². The van der Waals surface area contributed by atoms with Crippen LogP contribution in [0.2, 0.25) is 0 Å². The van der Waals surface area contributed by atoms with Gasteiger partial charge in [0.1, 0.15) is 5.56 Å². The van der Waals surface area contributed by atoms with Crippen LogP contribution in [-0.2, 0) is 4.74 Å². The van der Waals surface area contributed by atoms with Crippen LogP contribution in [0.15, 0.2) is 48.8 Å². The Balaban J connectivity index is 1.77. The smallest absolute Gasteiger partial charge is 0.344 e. The lowest BCUT2D eigenvalue weighted by Gasteiger charge is -2.04. The van der Waals surface area contributed by atoms with Gasteiger partial charge >= 0.3 is 5.97 Å². The summed E-state index contributed by atoms with van der Waals surface area (Å²) in [4.78, 5) is 28.3. The second-order valence-corrected chi connectivity index (χ2v) is 4.71. The zero-order valence-electron chi connectivity index (χ0n) is 11.9. The maximum atomic E-state index is 12.2. The Morgan fingerprint density at radius 1 is 1.18 bits per heavy atom. The molecule has 0 N–H and O–H groups in total. The van der Waals surface area contributed by atoms with Crippen molar-refractivity contribution in [3.8, 4) is 0 Å². The SMILES string of the molecule is Cc1nn2cccnc2c1C(=O)OCC(=O)c1ccccc1. The second-order valence-electron chi connectivity index (χ2n) is 4.71. The van der Waals surface area contributed by atoms with Crippen LogP contribution < -0.4 is 0 Å². The summed E-state index contributed by atoms with van der Waals surface area (Å²) in [6.07, 6.45) is 3.27. The fourth-order valence-electron chi connectivity index (χ4n) is 2.15. The first-order chi connectivity index (χ1) is 10.7. The van der Waals surface area contributed by atoms with E-state index in [2.05, 4.69) is 10.1 Å². The molecule has 0 saturated heterocycles. The molecular weight excluding hydrogens is 282 g/mol. The fourth-order valence-corrected chi connectivity index (χ4v) is 2.15. The highest BCUT2D eigenvalue weighted by Crippen LogP contribution is 2.14. The molecule has 0 radical (unpaired) electrons. The van der Waals surface area contributed by atoms with Crippen LogP contribution in [0.5, 0.6) is 0 Å². The van der Waals surface area contributed by atoms with Crippen LogP contribution in [0, 0.1) is 6.92 Å². The van der Waals surface area contributed by atoms with E-state index >= 15 is 0 Å². The van der Waals surface area contributed by atoms with Crippen molar-refractivity contribution in [2.75, 3.05) is 6.61 Å². The van der Waals surface area contributed by atoms with Gasteiger partial charge in [-0.1, -0.05) is 30.3 Å². The number of aryl methyl sites for hydroxylation is 1. The third-order valence-corrected chi connectivity index (χ3v) is 3.20. The molecule has 2 aromatic heterocycles. The fraction of sp³-hybridized carbons (Fsp3) is 0.125. The number of hydrogen-bond donors (Lipinski definition) is 0. The minimum Gasteiger partial charge on any atom is -0.454 e. The number of hydrogen-bond acceptors (Lipinski definition) is 5. The molecule has 110 valence electrons. The minimum atomic E-state index is -0.601. The number of rotatable bonds is 4. The topological polar surface area (TPSA) is 73.6 Å². The van der Waals surface area contributed by atoms with Crippen molar-refractivity contribution in [3.63, 3.8) is 0 Å². The quantitative estimate of drug-likeness (QED) is 0.544. The van der Waals surface area contributed by atoms with Crippen LogP contribution in [0.4, 0.5) is 0 Å². The number of fused-ring (bicyclic) bond motifs is 1. The van der Waals surface area contributed by atoms with E-state index in [1.54, 1.807) is 49.6 Å². The molecule has 22 heavy (non-hydrogen) atoms. The lowest BCUT2D eigenvalue weighted by atomic mass is 10.1. The van der Waals surface area contributed by atoms with Crippen LogP contribution >= 0.6 is 0 Å². The molecule has 0 saturated carbocycles. The number of carbonyl (C=O) groups excluding carboxylic acids is 2. The van der Waals surface area contributed by atoms with Crippen molar-refractivity contribution in [3.05, 3.63) is 65.6 Å². The molecule has 0 amide bonds. The molecule has 0 aliphatic heterocycles. The van der Waals surface area contributed by atoms with E-state index in [0.717, 1.165) is 0 Å². The normalized spacial score (nSPS) is 10.6. The highest BCUT2D eigenvalue weighted by atomic mass is 16.5.